The van der Waals surface area contributed by atoms with E-state index in [0.717, 1.165) is 10.2 Å². The van der Waals surface area contributed by atoms with Crippen molar-refractivity contribution in [3.05, 3.63) is 24.3 Å². The molecule has 2 rings (SSSR count). The number of carbonyl (C=O) groups is 1. The van der Waals surface area contributed by atoms with Crippen LogP contribution in [-0.4, -0.2) is 27.0 Å². The van der Waals surface area contributed by atoms with E-state index in [1.165, 1.54) is 11.3 Å². The Kier molecular flexibility index (Phi) is 4.08. The van der Waals surface area contributed by atoms with E-state index in [4.69, 9.17) is 4.74 Å². The predicted molar refractivity (Wildman–Crippen MR) is 72.1 cm³/mol. The van der Waals surface area contributed by atoms with Gasteiger partial charge >= 0.3 is 5.97 Å². The fourth-order valence-corrected chi connectivity index (χ4v) is 3.53. The summed E-state index contributed by atoms with van der Waals surface area (Å²) < 4.78 is 18.4. The highest BCUT2D eigenvalue weighted by Crippen LogP contribution is 2.24. The number of nitrogens with zero attached hydrogens (tertiary/aromatic N) is 1. The number of rotatable bonds is 4. The quantitative estimate of drug-likeness (QED) is 0.808. The van der Waals surface area contributed by atoms with Gasteiger partial charge in [0, 0.05) is 0 Å². The van der Waals surface area contributed by atoms with Crippen LogP contribution in [0.5, 0.6) is 0 Å². The SMILES string of the molecule is CC(C)OC(=O)C[S@](=O)c1nc2ccccc2s1. The van der Waals surface area contributed by atoms with Crippen LogP contribution in [0.4, 0.5) is 0 Å². The number of thiazole rings is 1. The Morgan fingerprint density at radius 1 is 1.44 bits per heavy atom. The number of hydrogen-bond donors (Lipinski definition) is 0. The van der Waals surface area contributed by atoms with E-state index in [0.29, 0.717) is 4.34 Å². The predicted octanol–water partition coefficient (Wildman–Crippen LogP) is 2.36. The van der Waals surface area contributed by atoms with Crippen molar-refractivity contribution in [3.63, 3.8) is 0 Å². The van der Waals surface area contributed by atoms with Gasteiger partial charge in [-0.3, -0.25) is 9.00 Å². The molecule has 0 aliphatic heterocycles. The third kappa shape index (κ3) is 3.14. The topological polar surface area (TPSA) is 56.3 Å². The Balaban J connectivity index is 2.11. The van der Waals surface area contributed by atoms with Crippen LogP contribution in [0.25, 0.3) is 10.2 Å². The summed E-state index contributed by atoms with van der Waals surface area (Å²) in [7, 11) is -1.43. The van der Waals surface area contributed by atoms with Crippen molar-refractivity contribution < 1.29 is 13.7 Å². The number of esters is 1. The molecule has 0 bridgehead atoms. The van der Waals surface area contributed by atoms with Crippen molar-refractivity contribution in [1.82, 2.24) is 4.98 Å². The number of para-hydroxylation sites is 1. The fraction of sp³-hybridized carbons (Fsp3) is 0.333. The molecule has 0 radical (unpaired) electrons. The fourth-order valence-electron chi connectivity index (χ4n) is 1.41. The summed E-state index contributed by atoms with van der Waals surface area (Å²) in [6.07, 6.45) is -0.190. The van der Waals surface area contributed by atoms with E-state index in [9.17, 15) is 9.00 Å². The summed E-state index contributed by atoms with van der Waals surface area (Å²) in [5.41, 5.74) is 0.808. The van der Waals surface area contributed by atoms with Crippen LogP contribution in [0.1, 0.15) is 13.8 Å². The molecule has 1 aromatic carbocycles. The molecule has 4 nitrogen and oxygen atoms in total. The average molecular weight is 283 g/mol. The normalized spacial score (nSPS) is 12.8. The van der Waals surface area contributed by atoms with Gasteiger partial charge in [-0.15, -0.1) is 11.3 Å². The summed E-state index contributed by atoms with van der Waals surface area (Å²) >= 11 is 1.35. The molecule has 0 amide bonds. The molecule has 6 heteroatoms. The van der Waals surface area contributed by atoms with Crippen molar-refractivity contribution >= 4 is 38.3 Å². The van der Waals surface area contributed by atoms with Gasteiger partial charge in [0.05, 0.1) is 27.1 Å². The van der Waals surface area contributed by atoms with E-state index in [2.05, 4.69) is 4.98 Å². The van der Waals surface area contributed by atoms with Crippen molar-refractivity contribution in [2.75, 3.05) is 5.75 Å². The highest BCUT2D eigenvalue weighted by atomic mass is 32.2. The van der Waals surface area contributed by atoms with Gasteiger partial charge in [0.2, 0.25) is 0 Å². The Morgan fingerprint density at radius 2 is 2.17 bits per heavy atom. The number of carbonyl (C=O) groups excluding carboxylic acids is 1. The molecule has 18 heavy (non-hydrogen) atoms. The first-order chi connectivity index (χ1) is 8.56. The van der Waals surface area contributed by atoms with Crippen LogP contribution < -0.4 is 0 Å². The zero-order chi connectivity index (χ0) is 13.1. The van der Waals surface area contributed by atoms with Crippen LogP contribution in [0.15, 0.2) is 28.6 Å². The minimum Gasteiger partial charge on any atom is -0.462 e. The molecule has 1 aromatic heterocycles. The second-order valence-electron chi connectivity index (χ2n) is 3.98. The van der Waals surface area contributed by atoms with Crippen molar-refractivity contribution in [3.8, 4) is 0 Å². The Bertz CT molecular complexity index is 559. The van der Waals surface area contributed by atoms with E-state index < -0.39 is 16.8 Å². The van der Waals surface area contributed by atoms with E-state index >= 15 is 0 Å². The van der Waals surface area contributed by atoms with Gasteiger partial charge in [-0.25, -0.2) is 4.98 Å². The Hall–Kier alpha value is -1.27. The maximum atomic E-state index is 12.0. The lowest BCUT2D eigenvalue weighted by Crippen LogP contribution is -2.18. The highest BCUT2D eigenvalue weighted by Gasteiger charge is 2.16. The first-order valence-corrected chi connectivity index (χ1v) is 7.63. The molecule has 1 heterocycles. The lowest BCUT2D eigenvalue weighted by molar-refractivity contribution is -0.144. The number of fused-ring (bicyclic) bond motifs is 1. The molecule has 0 fully saturated rings. The van der Waals surface area contributed by atoms with Crippen LogP contribution in [0.3, 0.4) is 0 Å². The lowest BCUT2D eigenvalue weighted by atomic mass is 10.3. The van der Waals surface area contributed by atoms with Gasteiger partial charge in [0.1, 0.15) is 5.75 Å². The molecule has 0 spiro atoms. The third-order valence-corrected chi connectivity index (χ3v) is 4.70. The minimum absolute atomic E-state index is 0.141. The standard InChI is InChI=1S/C12H13NO3S2/c1-8(2)16-11(14)7-18(15)12-13-9-5-3-4-6-10(9)17-12/h3-6,8H,7H2,1-2H3/t18-/m0/s1. The monoisotopic (exact) mass is 283 g/mol. The van der Waals surface area contributed by atoms with Crippen LogP contribution in [0.2, 0.25) is 0 Å². The smallest absolute Gasteiger partial charge is 0.319 e. The first-order valence-electron chi connectivity index (χ1n) is 5.49. The zero-order valence-electron chi connectivity index (χ0n) is 10.1. The number of benzene rings is 1. The summed E-state index contributed by atoms with van der Waals surface area (Å²) in [6, 6.07) is 7.56. The molecule has 96 valence electrons. The molecular formula is C12H13NO3S2. The summed E-state index contributed by atoms with van der Waals surface area (Å²) in [4.78, 5) is 15.7. The molecule has 0 saturated carbocycles. The molecule has 0 aliphatic carbocycles. The summed E-state index contributed by atoms with van der Waals surface area (Å²) in [5.74, 6) is -0.597. The van der Waals surface area contributed by atoms with Crippen molar-refractivity contribution in [1.29, 1.82) is 0 Å². The zero-order valence-corrected chi connectivity index (χ0v) is 11.7. The van der Waals surface area contributed by atoms with Crippen LogP contribution in [-0.2, 0) is 20.3 Å². The highest BCUT2D eigenvalue weighted by molar-refractivity contribution is 7.88. The molecule has 2 aromatic rings. The molecule has 0 aliphatic rings. The molecule has 0 saturated heterocycles. The van der Waals surface area contributed by atoms with E-state index in [1.807, 2.05) is 24.3 Å². The Morgan fingerprint density at radius 3 is 2.83 bits per heavy atom. The van der Waals surface area contributed by atoms with Gasteiger partial charge < -0.3 is 4.74 Å². The maximum absolute atomic E-state index is 12.0. The average Bonchev–Trinajstić information content (AvgIpc) is 2.71. The molecule has 1 atom stereocenters. The minimum atomic E-state index is -1.43. The van der Waals surface area contributed by atoms with Crippen molar-refractivity contribution in [2.45, 2.75) is 24.3 Å². The summed E-state index contributed by atoms with van der Waals surface area (Å²) in [6.45, 7) is 3.52. The Labute approximate surface area is 111 Å². The largest absolute Gasteiger partial charge is 0.462 e. The molecular weight excluding hydrogens is 270 g/mol. The number of hydrogen-bond acceptors (Lipinski definition) is 5. The van der Waals surface area contributed by atoms with E-state index in [-0.39, 0.29) is 11.9 Å². The van der Waals surface area contributed by atoms with Crippen LogP contribution >= 0.6 is 11.3 Å². The van der Waals surface area contributed by atoms with E-state index in [1.54, 1.807) is 13.8 Å². The maximum Gasteiger partial charge on any atom is 0.319 e. The lowest BCUT2D eigenvalue weighted by Gasteiger charge is -2.06. The molecule has 0 N–H and O–H groups in total. The van der Waals surface area contributed by atoms with Gasteiger partial charge in [0.15, 0.2) is 4.34 Å². The van der Waals surface area contributed by atoms with Crippen LogP contribution in [0, 0.1) is 0 Å². The second kappa shape index (κ2) is 5.58. The molecule has 0 unspecified atom stereocenters. The summed E-state index contributed by atoms with van der Waals surface area (Å²) in [5, 5.41) is 0. The van der Waals surface area contributed by atoms with Gasteiger partial charge in [-0.05, 0) is 26.0 Å². The third-order valence-electron chi connectivity index (χ3n) is 2.09. The number of ether oxygens (including phenoxy) is 1. The van der Waals surface area contributed by atoms with Gasteiger partial charge in [-0.2, -0.15) is 0 Å². The second-order valence-corrected chi connectivity index (χ2v) is 6.63. The first kappa shape index (κ1) is 13.2. The van der Waals surface area contributed by atoms with Crippen molar-refractivity contribution in [2.24, 2.45) is 0 Å². The number of aromatic nitrogens is 1. The van der Waals surface area contributed by atoms with Gasteiger partial charge in [0.25, 0.3) is 0 Å². The van der Waals surface area contributed by atoms with Gasteiger partial charge in [-0.1, -0.05) is 12.1 Å².